The molecule has 2 saturated heterocycles. The largest absolute Gasteiger partial charge is 0.329 e. The summed E-state index contributed by atoms with van der Waals surface area (Å²) in [4.78, 5) is 7.43. The van der Waals surface area contributed by atoms with Gasteiger partial charge in [-0.05, 0) is 27.1 Å². The number of hydrogen-bond donors (Lipinski definition) is 1. The number of piperazine rings is 1. The third-order valence-corrected chi connectivity index (χ3v) is 4.08. The minimum absolute atomic E-state index is 0.274. The van der Waals surface area contributed by atoms with E-state index in [1.165, 1.54) is 39.1 Å². The van der Waals surface area contributed by atoms with Gasteiger partial charge in [0.05, 0.1) is 0 Å². The molecule has 4 heteroatoms. The summed E-state index contributed by atoms with van der Waals surface area (Å²) in [6.45, 7) is 7.89. The third kappa shape index (κ3) is 2.18. The Labute approximate surface area is 93.0 Å². The van der Waals surface area contributed by atoms with Gasteiger partial charge in [0.1, 0.15) is 0 Å². The van der Waals surface area contributed by atoms with E-state index in [0.29, 0.717) is 0 Å². The van der Waals surface area contributed by atoms with Gasteiger partial charge in [0.15, 0.2) is 0 Å². The number of likely N-dealkylation sites (N-methyl/N-ethyl adjacent to an activating group) is 2. The van der Waals surface area contributed by atoms with Crippen LogP contribution in [0.3, 0.4) is 0 Å². The topological polar surface area (TPSA) is 35.7 Å². The minimum atomic E-state index is 0.274. The van der Waals surface area contributed by atoms with Crippen molar-refractivity contribution < 1.29 is 0 Å². The first-order chi connectivity index (χ1) is 7.16. The maximum atomic E-state index is 6.01. The fourth-order valence-electron chi connectivity index (χ4n) is 2.89. The summed E-state index contributed by atoms with van der Waals surface area (Å²) >= 11 is 0. The minimum Gasteiger partial charge on any atom is -0.329 e. The van der Waals surface area contributed by atoms with Crippen LogP contribution in [0.4, 0.5) is 0 Å². The van der Waals surface area contributed by atoms with Crippen LogP contribution in [-0.2, 0) is 0 Å². The first-order valence-corrected chi connectivity index (χ1v) is 5.98. The molecule has 4 nitrogen and oxygen atoms in total. The van der Waals surface area contributed by atoms with E-state index in [2.05, 4.69) is 28.8 Å². The number of nitrogens with two attached hydrogens (primary N) is 1. The standard InChI is InChI=1S/C11H24N4/c1-13-5-7-15(8-6-13)11(9-12)3-4-14(2)10-11/h3-10,12H2,1-2H3. The fourth-order valence-corrected chi connectivity index (χ4v) is 2.89. The number of nitrogens with zero attached hydrogens (tertiary/aromatic N) is 3. The van der Waals surface area contributed by atoms with E-state index < -0.39 is 0 Å². The lowest BCUT2D eigenvalue weighted by Gasteiger charge is -2.44. The van der Waals surface area contributed by atoms with Crippen molar-refractivity contribution in [2.75, 3.05) is 59.9 Å². The molecule has 2 heterocycles. The van der Waals surface area contributed by atoms with Gasteiger partial charge in [-0.3, -0.25) is 4.90 Å². The van der Waals surface area contributed by atoms with Gasteiger partial charge in [0, 0.05) is 44.8 Å². The van der Waals surface area contributed by atoms with Crippen molar-refractivity contribution in [3.63, 3.8) is 0 Å². The molecular weight excluding hydrogens is 188 g/mol. The molecule has 0 aliphatic carbocycles. The van der Waals surface area contributed by atoms with Crippen molar-refractivity contribution in [1.29, 1.82) is 0 Å². The molecule has 15 heavy (non-hydrogen) atoms. The molecule has 0 spiro atoms. The lowest BCUT2D eigenvalue weighted by atomic mass is 9.95. The van der Waals surface area contributed by atoms with E-state index in [9.17, 15) is 0 Å². The molecule has 0 amide bonds. The molecule has 2 aliphatic heterocycles. The number of likely N-dealkylation sites (tertiary alicyclic amines) is 1. The second kappa shape index (κ2) is 4.37. The Bertz CT molecular complexity index is 213. The summed E-state index contributed by atoms with van der Waals surface area (Å²) in [7, 11) is 4.40. The highest BCUT2D eigenvalue weighted by atomic mass is 15.3. The molecule has 2 N–H and O–H groups in total. The van der Waals surface area contributed by atoms with Crippen molar-refractivity contribution in [1.82, 2.24) is 14.7 Å². The maximum Gasteiger partial charge on any atom is 0.0471 e. The van der Waals surface area contributed by atoms with Crippen LogP contribution in [0.25, 0.3) is 0 Å². The Kier molecular flexibility index (Phi) is 3.30. The SMILES string of the molecule is CN1CCN(C2(CN)CCN(C)C2)CC1. The van der Waals surface area contributed by atoms with Crippen LogP contribution >= 0.6 is 0 Å². The molecule has 0 aromatic rings. The second-order valence-electron chi connectivity index (χ2n) is 5.21. The van der Waals surface area contributed by atoms with Gasteiger partial charge in [0.2, 0.25) is 0 Å². The first kappa shape index (κ1) is 11.3. The smallest absolute Gasteiger partial charge is 0.0471 e. The van der Waals surface area contributed by atoms with E-state index in [-0.39, 0.29) is 5.54 Å². The molecule has 1 unspecified atom stereocenters. The lowest BCUT2D eigenvalue weighted by molar-refractivity contribution is 0.0510. The molecule has 0 radical (unpaired) electrons. The maximum absolute atomic E-state index is 6.01. The Hall–Kier alpha value is -0.160. The zero-order valence-corrected chi connectivity index (χ0v) is 10.1. The van der Waals surface area contributed by atoms with Gasteiger partial charge in [-0.15, -0.1) is 0 Å². The van der Waals surface area contributed by atoms with E-state index in [0.717, 1.165) is 13.1 Å². The zero-order chi connectivity index (χ0) is 10.9. The second-order valence-corrected chi connectivity index (χ2v) is 5.21. The average molecular weight is 212 g/mol. The highest BCUT2D eigenvalue weighted by Gasteiger charge is 2.41. The van der Waals surface area contributed by atoms with Gasteiger partial charge in [-0.25, -0.2) is 0 Å². The van der Waals surface area contributed by atoms with Crippen LogP contribution in [0.1, 0.15) is 6.42 Å². The van der Waals surface area contributed by atoms with Crippen molar-refractivity contribution in [2.24, 2.45) is 5.73 Å². The molecule has 0 saturated carbocycles. The fraction of sp³-hybridized carbons (Fsp3) is 1.00. The molecule has 0 aromatic heterocycles. The third-order valence-electron chi connectivity index (χ3n) is 4.08. The number of rotatable bonds is 2. The Morgan fingerprint density at radius 3 is 2.13 bits per heavy atom. The molecule has 2 aliphatic rings. The van der Waals surface area contributed by atoms with Gasteiger partial charge in [-0.1, -0.05) is 0 Å². The van der Waals surface area contributed by atoms with Crippen molar-refractivity contribution >= 4 is 0 Å². The first-order valence-electron chi connectivity index (χ1n) is 5.98. The van der Waals surface area contributed by atoms with Crippen molar-refractivity contribution in [2.45, 2.75) is 12.0 Å². The summed E-state index contributed by atoms with van der Waals surface area (Å²) in [5, 5.41) is 0. The molecule has 1 atom stereocenters. The van der Waals surface area contributed by atoms with Gasteiger partial charge in [0.25, 0.3) is 0 Å². The summed E-state index contributed by atoms with van der Waals surface area (Å²) in [5.74, 6) is 0. The normalized spacial score (nSPS) is 36.2. The van der Waals surface area contributed by atoms with Crippen LogP contribution < -0.4 is 5.73 Å². The van der Waals surface area contributed by atoms with Gasteiger partial charge < -0.3 is 15.5 Å². The lowest BCUT2D eigenvalue weighted by Crippen LogP contribution is -2.60. The van der Waals surface area contributed by atoms with E-state index in [1.807, 2.05) is 0 Å². The molecule has 2 fully saturated rings. The summed E-state index contributed by atoms with van der Waals surface area (Å²) in [5.41, 5.74) is 6.29. The highest BCUT2D eigenvalue weighted by Crippen LogP contribution is 2.27. The Balaban J connectivity index is 2.00. The molecular formula is C11H24N4. The number of hydrogen-bond acceptors (Lipinski definition) is 4. The zero-order valence-electron chi connectivity index (χ0n) is 10.1. The van der Waals surface area contributed by atoms with Crippen LogP contribution in [0.2, 0.25) is 0 Å². The van der Waals surface area contributed by atoms with Gasteiger partial charge >= 0.3 is 0 Å². The summed E-state index contributed by atoms with van der Waals surface area (Å²) in [6, 6.07) is 0. The molecule has 2 rings (SSSR count). The Morgan fingerprint density at radius 2 is 1.67 bits per heavy atom. The van der Waals surface area contributed by atoms with Crippen molar-refractivity contribution in [3.05, 3.63) is 0 Å². The quantitative estimate of drug-likeness (QED) is 0.654. The van der Waals surface area contributed by atoms with Crippen molar-refractivity contribution in [3.8, 4) is 0 Å². The molecule has 88 valence electrons. The average Bonchev–Trinajstić information content (AvgIpc) is 2.62. The van der Waals surface area contributed by atoms with Crippen LogP contribution in [0.15, 0.2) is 0 Å². The monoisotopic (exact) mass is 212 g/mol. The van der Waals surface area contributed by atoms with E-state index in [4.69, 9.17) is 5.73 Å². The predicted octanol–water partition coefficient (Wildman–Crippen LogP) is -0.733. The molecule has 0 bridgehead atoms. The van der Waals surface area contributed by atoms with Crippen LogP contribution in [0, 0.1) is 0 Å². The molecule has 0 aromatic carbocycles. The predicted molar refractivity (Wildman–Crippen MR) is 63.0 cm³/mol. The highest BCUT2D eigenvalue weighted by molar-refractivity contribution is 5.00. The summed E-state index contributed by atoms with van der Waals surface area (Å²) in [6.07, 6.45) is 1.24. The van der Waals surface area contributed by atoms with Gasteiger partial charge in [-0.2, -0.15) is 0 Å². The van der Waals surface area contributed by atoms with E-state index in [1.54, 1.807) is 0 Å². The van der Waals surface area contributed by atoms with E-state index >= 15 is 0 Å². The van der Waals surface area contributed by atoms with Crippen LogP contribution in [0.5, 0.6) is 0 Å². The Morgan fingerprint density at radius 1 is 1.00 bits per heavy atom. The summed E-state index contributed by atoms with van der Waals surface area (Å²) < 4.78 is 0. The van der Waals surface area contributed by atoms with Crippen LogP contribution in [-0.4, -0.2) is 80.1 Å².